The first kappa shape index (κ1) is 25.1. The summed E-state index contributed by atoms with van der Waals surface area (Å²) in [6.07, 6.45) is 5.39. The first-order chi connectivity index (χ1) is 18.5. The van der Waals surface area contributed by atoms with Gasteiger partial charge >= 0.3 is 0 Å². The van der Waals surface area contributed by atoms with Crippen LogP contribution in [0.25, 0.3) is 32.9 Å². The van der Waals surface area contributed by atoms with Gasteiger partial charge in [0.25, 0.3) is 0 Å². The second-order valence-corrected chi connectivity index (χ2v) is 10.3. The second-order valence-electron chi connectivity index (χ2n) is 9.49. The standard InChI is InChI=1S/C28H28F2N4O3S/c1-4-18-20(29)9-8-15-11-17(37-14-35-2)12-19(21(15)18)24-23(30)25-22-26(33-28(32-25)38-3)34-10-6-5-7-16(34)13-36-27(22)31-24/h8-9,11-12,16H,4-7,10,13-14H2,1-3H3/t16-/m0/s1. The molecule has 0 spiro atoms. The van der Waals surface area contributed by atoms with Crippen LogP contribution in [0.3, 0.4) is 0 Å². The topological polar surface area (TPSA) is 69.6 Å². The number of benzene rings is 2. The van der Waals surface area contributed by atoms with Crippen molar-refractivity contribution in [2.75, 3.05) is 38.2 Å². The lowest BCUT2D eigenvalue weighted by Gasteiger charge is -2.34. The number of nitrogens with zero attached hydrogens (tertiary/aromatic N) is 4. The van der Waals surface area contributed by atoms with Gasteiger partial charge in [-0.1, -0.05) is 24.8 Å². The van der Waals surface area contributed by atoms with Crippen molar-refractivity contribution in [2.24, 2.45) is 0 Å². The predicted octanol–water partition coefficient (Wildman–Crippen LogP) is 6.14. The third kappa shape index (κ3) is 4.10. The zero-order valence-corrected chi connectivity index (χ0v) is 22.3. The number of ether oxygens (including phenoxy) is 3. The average molecular weight is 539 g/mol. The van der Waals surface area contributed by atoms with Crippen LogP contribution in [-0.2, 0) is 11.2 Å². The molecule has 4 heterocycles. The molecule has 38 heavy (non-hydrogen) atoms. The van der Waals surface area contributed by atoms with Gasteiger partial charge < -0.3 is 19.1 Å². The number of aryl methyl sites for hydroxylation is 1. The van der Waals surface area contributed by atoms with E-state index in [-0.39, 0.29) is 29.9 Å². The Morgan fingerprint density at radius 1 is 1.13 bits per heavy atom. The first-order valence-corrected chi connectivity index (χ1v) is 14.0. The van der Waals surface area contributed by atoms with E-state index in [1.807, 2.05) is 13.2 Å². The monoisotopic (exact) mass is 538 g/mol. The molecule has 2 aromatic carbocycles. The summed E-state index contributed by atoms with van der Waals surface area (Å²) < 4.78 is 48.6. The SMILES string of the molecule is CCc1c(F)ccc2cc(OCOC)cc(-c3nc4c5c(nc(SC)nc5c3F)N3CCCC[C@H]3CO4)c12. The summed E-state index contributed by atoms with van der Waals surface area (Å²) in [7, 11) is 1.52. The third-order valence-corrected chi connectivity index (χ3v) is 7.85. The van der Waals surface area contributed by atoms with Crippen molar-refractivity contribution in [1.29, 1.82) is 0 Å². The minimum atomic E-state index is -0.599. The summed E-state index contributed by atoms with van der Waals surface area (Å²) in [6.45, 7) is 3.13. The first-order valence-electron chi connectivity index (χ1n) is 12.8. The molecular formula is C28H28F2N4O3S. The number of rotatable bonds is 6. The van der Waals surface area contributed by atoms with E-state index in [1.54, 1.807) is 18.2 Å². The van der Waals surface area contributed by atoms with E-state index < -0.39 is 5.82 Å². The molecule has 4 aromatic rings. The van der Waals surface area contributed by atoms with Crippen molar-refractivity contribution in [2.45, 2.75) is 43.8 Å². The number of anilines is 1. The fourth-order valence-electron chi connectivity index (χ4n) is 5.54. The predicted molar refractivity (Wildman–Crippen MR) is 144 cm³/mol. The zero-order chi connectivity index (χ0) is 26.4. The van der Waals surface area contributed by atoms with Crippen molar-refractivity contribution in [3.05, 3.63) is 41.5 Å². The van der Waals surface area contributed by atoms with Crippen LogP contribution in [0.15, 0.2) is 29.4 Å². The van der Waals surface area contributed by atoms with Gasteiger partial charge in [0.15, 0.2) is 17.8 Å². The van der Waals surface area contributed by atoms with E-state index in [0.29, 0.717) is 62.9 Å². The fourth-order valence-corrected chi connectivity index (χ4v) is 5.90. The summed E-state index contributed by atoms with van der Waals surface area (Å²) >= 11 is 1.36. The van der Waals surface area contributed by atoms with Crippen LogP contribution in [0.5, 0.6) is 11.6 Å². The molecule has 1 atom stereocenters. The Morgan fingerprint density at radius 3 is 2.79 bits per heavy atom. The Morgan fingerprint density at radius 2 is 2.00 bits per heavy atom. The minimum absolute atomic E-state index is 0.0136. The molecule has 0 amide bonds. The molecular weight excluding hydrogens is 510 g/mol. The Bertz CT molecular complexity index is 1550. The summed E-state index contributed by atoms with van der Waals surface area (Å²) in [5.41, 5.74) is 1.08. The zero-order valence-electron chi connectivity index (χ0n) is 21.5. The second kappa shape index (κ2) is 10.1. The number of hydrogen-bond acceptors (Lipinski definition) is 8. The maximum atomic E-state index is 16.6. The van der Waals surface area contributed by atoms with E-state index in [9.17, 15) is 4.39 Å². The molecule has 6 rings (SSSR count). The molecule has 1 saturated heterocycles. The number of fused-ring (bicyclic) bond motifs is 3. The summed E-state index contributed by atoms with van der Waals surface area (Å²) in [5, 5.41) is 2.25. The van der Waals surface area contributed by atoms with Crippen LogP contribution in [0.1, 0.15) is 31.7 Å². The number of pyridine rings is 1. The smallest absolute Gasteiger partial charge is 0.227 e. The average Bonchev–Trinajstić information content (AvgIpc) is 3.10. The van der Waals surface area contributed by atoms with Gasteiger partial charge in [0, 0.05) is 19.2 Å². The van der Waals surface area contributed by atoms with Crippen LogP contribution < -0.4 is 14.4 Å². The highest BCUT2D eigenvalue weighted by Gasteiger charge is 2.33. The fraction of sp³-hybridized carbons (Fsp3) is 0.393. The Kier molecular flexibility index (Phi) is 6.69. The lowest BCUT2D eigenvalue weighted by atomic mass is 9.94. The van der Waals surface area contributed by atoms with E-state index >= 15 is 4.39 Å². The van der Waals surface area contributed by atoms with Gasteiger partial charge in [-0.3, -0.25) is 0 Å². The highest BCUT2D eigenvalue weighted by Crippen LogP contribution is 2.44. The van der Waals surface area contributed by atoms with E-state index in [0.717, 1.165) is 25.8 Å². The highest BCUT2D eigenvalue weighted by molar-refractivity contribution is 7.98. The third-order valence-electron chi connectivity index (χ3n) is 7.30. The van der Waals surface area contributed by atoms with Crippen molar-refractivity contribution in [3.63, 3.8) is 0 Å². The molecule has 0 radical (unpaired) electrons. The van der Waals surface area contributed by atoms with Crippen LogP contribution in [0, 0.1) is 11.6 Å². The van der Waals surface area contributed by atoms with Gasteiger partial charge in [-0.2, -0.15) is 0 Å². The Hall–Kier alpha value is -3.24. The van der Waals surface area contributed by atoms with Crippen molar-refractivity contribution in [3.8, 4) is 22.9 Å². The molecule has 0 aliphatic carbocycles. The summed E-state index contributed by atoms with van der Waals surface area (Å²) in [6, 6.07) is 6.70. The molecule has 2 aromatic heterocycles. The van der Waals surface area contributed by atoms with E-state index in [4.69, 9.17) is 24.2 Å². The van der Waals surface area contributed by atoms with Crippen molar-refractivity contribution >= 4 is 39.3 Å². The molecule has 0 saturated carbocycles. The lowest BCUT2D eigenvalue weighted by Crippen LogP contribution is -2.42. The van der Waals surface area contributed by atoms with Gasteiger partial charge in [0.2, 0.25) is 5.88 Å². The van der Waals surface area contributed by atoms with Crippen LogP contribution >= 0.6 is 11.8 Å². The molecule has 10 heteroatoms. The largest absolute Gasteiger partial charge is 0.475 e. The number of halogens is 2. The highest BCUT2D eigenvalue weighted by atomic mass is 32.2. The number of thioether (sulfide) groups is 1. The minimum Gasteiger partial charge on any atom is -0.475 e. The van der Waals surface area contributed by atoms with Gasteiger partial charge in [-0.15, -0.1) is 0 Å². The molecule has 2 aliphatic rings. The van der Waals surface area contributed by atoms with E-state index in [1.165, 1.54) is 24.9 Å². The molecule has 0 unspecified atom stereocenters. The molecule has 1 fully saturated rings. The number of piperidine rings is 1. The number of methoxy groups -OCH3 is 1. The molecule has 7 nitrogen and oxygen atoms in total. The van der Waals surface area contributed by atoms with E-state index in [2.05, 4.69) is 9.88 Å². The normalized spacial score (nSPS) is 16.9. The molecule has 0 N–H and O–H groups in total. The van der Waals surface area contributed by atoms with Crippen molar-refractivity contribution < 1.29 is 23.0 Å². The summed E-state index contributed by atoms with van der Waals surface area (Å²) in [5.74, 6) is 0.462. The lowest BCUT2D eigenvalue weighted by molar-refractivity contribution is 0.0512. The number of aromatic nitrogens is 3. The van der Waals surface area contributed by atoms with Gasteiger partial charge in [-0.05, 0) is 66.5 Å². The summed E-state index contributed by atoms with van der Waals surface area (Å²) in [4.78, 5) is 16.3. The van der Waals surface area contributed by atoms with Gasteiger partial charge in [0.05, 0.1) is 6.04 Å². The van der Waals surface area contributed by atoms with Crippen LogP contribution in [0.4, 0.5) is 14.6 Å². The molecule has 198 valence electrons. The number of hydrogen-bond donors (Lipinski definition) is 0. The quantitative estimate of drug-likeness (QED) is 0.165. The maximum Gasteiger partial charge on any atom is 0.227 e. The Labute approximate surface area is 223 Å². The Balaban J connectivity index is 1.67. The van der Waals surface area contributed by atoms with Gasteiger partial charge in [0.1, 0.15) is 40.6 Å². The maximum absolute atomic E-state index is 16.6. The van der Waals surface area contributed by atoms with Crippen LogP contribution in [0.2, 0.25) is 0 Å². The van der Waals surface area contributed by atoms with Crippen LogP contribution in [-0.4, -0.2) is 54.3 Å². The van der Waals surface area contributed by atoms with Crippen molar-refractivity contribution in [1.82, 2.24) is 15.0 Å². The molecule has 2 aliphatic heterocycles. The molecule has 0 bridgehead atoms. The van der Waals surface area contributed by atoms with Gasteiger partial charge in [-0.25, -0.2) is 23.7 Å².